The molecule has 0 saturated heterocycles. The molecule has 13 heavy (non-hydrogen) atoms. The van der Waals surface area contributed by atoms with E-state index in [-0.39, 0.29) is 5.12 Å². The number of hydrogen-bond donors (Lipinski definition) is 0. The van der Waals surface area contributed by atoms with Gasteiger partial charge in [0.1, 0.15) is 5.69 Å². The molecule has 0 unspecified atom stereocenters. The molecule has 1 rings (SSSR count). The van der Waals surface area contributed by atoms with E-state index in [1.807, 2.05) is 11.6 Å². The van der Waals surface area contributed by atoms with Crippen molar-refractivity contribution in [3.05, 3.63) is 18.2 Å². The number of aryl methyl sites for hydroxylation is 1. The molecule has 0 spiro atoms. The molecule has 0 aliphatic carbocycles. The summed E-state index contributed by atoms with van der Waals surface area (Å²) in [6.07, 6.45) is 3.40. The molecule has 68 valence electrons. The average molecular weight is 194 g/mol. The molecule has 0 amide bonds. The molecule has 1 aromatic rings. The van der Waals surface area contributed by atoms with Crippen LogP contribution in [0.25, 0.3) is 0 Å². The Hall–Kier alpha value is -1.21. The van der Waals surface area contributed by atoms with Gasteiger partial charge in [-0.05, 0) is 5.92 Å². The molecule has 0 aliphatic rings. The van der Waals surface area contributed by atoms with Gasteiger partial charge in [0.2, 0.25) is 0 Å². The second-order valence-electron chi connectivity index (χ2n) is 2.47. The molecule has 0 aliphatic heterocycles. The maximum absolute atomic E-state index is 10.5. The fourth-order valence-corrected chi connectivity index (χ4v) is 1.09. The Balaban J connectivity index is 2.49. The molecule has 0 radical (unpaired) electrons. The maximum atomic E-state index is 10.5. The molecule has 4 heteroatoms. The second kappa shape index (κ2) is 4.73. The molecular weight excluding hydrogens is 184 g/mol. The van der Waals surface area contributed by atoms with Crippen molar-refractivity contribution in [2.24, 2.45) is 7.05 Å². The Morgan fingerprint density at radius 2 is 2.54 bits per heavy atom. The Labute approximate surface area is 81.5 Å². The van der Waals surface area contributed by atoms with Gasteiger partial charge >= 0.3 is 0 Å². The minimum absolute atomic E-state index is 0.0966. The summed E-state index contributed by atoms with van der Waals surface area (Å²) in [4.78, 5) is 14.5. The van der Waals surface area contributed by atoms with Crippen LogP contribution in [0.4, 0.5) is 0 Å². The van der Waals surface area contributed by atoms with Crippen molar-refractivity contribution >= 4 is 16.9 Å². The SMILES string of the molecule is CC(=O)SCC#Cc1cncn1C. The number of rotatable bonds is 1. The molecule has 0 atom stereocenters. The molecule has 0 fully saturated rings. The van der Waals surface area contributed by atoms with Crippen molar-refractivity contribution < 1.29 is 4.79 Å². The third-order valence-electron chi connectivity index (χ3n) is 1.38. The van der Waals surface area contributed by atoms with Gasteiger partial charge in [0.25, 0.3) is 0 Å². The predicted octanol–water partition coefficient (Wildman–Crippen LogP) is 1.05. The largest absolute Gasteiger partial charge is 0.327 e. The zero-order valence-corrected chi connectivity index (χ0v) is 8.39. The lowest BCUT2D eigenvalue weighted by molar-refractivity contribution is -0.109. The summed E-state index contributed by atoms with van der Waals surface area (Å²) in [6.45, 7) is 1.54. The van der Waals surface area contributed by atoms with Crippen LogP contribution < -0.4 is 0 Å². The van der Waals surface area contributed by atoms with E-state index in [0.29, 0.717) is 5.75 Å². The average Bonchev–Trinajstić information content (AvgIpc) is 2.45. The Bertz CT molecular complexity index is 359. The fourth-order valence-electron chi connectivity index (χ4n) is 0.742. The summed E-state index contributed by atoms with van der Waals surface area (Å²) in [7, 11) is 1.88. The van der Waals surface area contributed by atoms with Crippen molar-refractivity contribution in [3.63, 3.8) is 0 Å². The number of nitrogens with zero attached hydrogens (tertiary/aromatic N) is 2. The Morgan fingerprint density at radius 3 is 3.08 bits per heavy atom. The summed E-state index contributed by atoms with van der Waals surface area (Å²) in [5.74, 6) is 6.36. The molecule has 1 aromatic heterocycles. The van der Waals surface area contributed by atoms with Crippen molar-refractivity contribution in [1.29, 1.82) is 0 Å². The minimum Gasteiger partial charge on any atom is -0.327 e. The lowest BCUT2D eigenvalue weighted by atomic mass is 10.4. The summed E-state index contributed by atoms with van der Waals surface area (Å²) in [5.41, 5.74) is 0.865. The van der Waals surface area contributed by atoms with E-state index in [9.17, 15) is 4.79 Å². The molecule has 0 saturated carbocycles. The maximum Gasteiger partial charge on any atom is 0.186 e. The van der Waals surface area contributed by atoms with Gasteiger partial charge in [-0.1, -0.05) is 17.7 Å². The van der Waals surface area contributed by atoms with Crippen molar-refractivity contribution in [1.82, 2.24) is 9.55 Å². The first-order chi connectivity index (χ1) is 6.20. The number of carbonyl (C=O) groups is 1. The molecule has 0 aromatic carbocycles. The molecule has 1 heterocycles. The van der Waals surface area contributed by atoms with Crippen LogP contribution in [-0.4, -0.2) is 20.4 Å². The van der Waals surface area contributed by atoms with Gasteiger partial charge in [0, 0.05) is 14.0 Å². The van der Waals surface area contributed by atoms with E-state index in [1.165, 1.54) is 18.7 Å². The van der Waals surface area contributed by atoms with Crippen LogP contribution in [0.3, 0.4) is 0 Å². The topological polar surface area (TPSA) is 34.9 Å². The number of aromatic nitrogens is 2. The highest BCUT2D eigenvalue weighted by Gasteiger charge is 1.91. The van der Waals surface area contributed by atoms with Crippen molar-refractivity contribution in [2.45, 2.75) is 6.92 Å². The lowest BCUT2D eigenvalue weighted by Crippen LogP contribution is -1.88. The van der Waals surface area contributed by atoms with Crippen LogP contribution in [-0.2, 0) is 11.8 Å². The van der Waals surface area contributed by atoms with Gasteiger partial charge in [-0.15, -0.1) is 0 Å². The standard InChI is InChI=1S/C9H10N2OS/c1-8(12)13-5-3-4-9-6-10-7-11(9)2/h6-7H,5H2,1-2H3. The van der Waals surface area contributed by atoms with E-state index in [0.717, 1.165) is 5.69 Å². The van der Waals surface area contributed by atoms with Crippen molar-refractivity contribution in [3.8, 4) is 11.8 Å². The van der Waals surface area contributed by atoms with Gasteiger partial charge in [-0.3, -0.25) is 4.79 Å². The first-order valence-corrected chi connectivity index (χ1v) is 4.77. The number of hydrogen-bond acceptors (Lipinski definition) is 3. The molecule has 0 N–H and O–H groups in total. The van der Waals surface area contributed by atoms with Gasteiger partial charge in [0.15, 0.2) is 5.12 Å². The summed E-state index contributed by atoms with van der Waals surface area (Å²) in [6, 6.07) is 0. The van der Waals surface area contributed by atoms with E-state index in [1.54, 1.807) is 12.5 Å². The Kier molecular flexibility index (Phi) is 3.59. The van der Waals surface area contributed by atoms with Crippen LogP contribution in [0.5, 0.6) is 0 Å². The first-order valence-electron chi connectivity index (χ1n) is 3.78. The van der Waals surface area contributed by atoms with Gasteiger partial charge in [-0.2, -0.15) is 0 Å². The number of carbonyl (C=O) groups excluding carboxylic acids is 1. The zero-order chi connectivity index (χ0) is 9.68. The van der Waals surface area contributed by atoms with Crippen LogP contribution >= 0.6 is 11.8 Å². The lowest BCUT2D eigenvalue weighted by Gasteiger charge is -1.89. The summed E-state index contributed by atoms with van der Waals surface area (Å²) < 4.78 is 1.84. The highest BCUT2D eigenvalue weighted by Crippen LogP contribution is 1.99. The summed E-state index contributed by atoms with van der Waals surface area (Å²) in [5, 5.41) is 0.0966. The minimum atomic E-state index is 0.0966. The van der Waals surface area contributed by atoms with E-state index in [2.05, 4.69) is 16.8 Å². The number of imidazole rings is 1. The first kappa shape index (κ1) is 9.87. The van der Waals surface area contributed by atoms with E-state index < -0.39 is 0 Å². The monoisotopic (exact) mass is 194 g/mol. The molecule has 3 nitrogen and oxygen atoms in total. The smallest absolute Gasteiger partial charge is 0.186 e. The third-order valence-corrected chi connectivity index (χ3v) is 2.08. The van der Waals surface area contributed by atoms with Crippen LogP contribution in [0.15, 0.2) is 12.5 Å². The molecule has 0 bridgehead atoms. The van der Waals surface area contributed by atoms with Gasteiger partial charge in [0.05, 0.1) is 18.3 Å². The zero-order valence-electron chi connectivity index (χ0n) is 7.57. The van der Waals surface area contributed by atoms with Gasteiger partial charge < -0.3 is 4.57 Å². The fraction of sp³-hybridized carbons (Fsp3) is 0.333. The number of thioether (sulfide) groups is 1. The third kappa shape index (κ3) is 3.34. The van der Waals surface area contributed by atoms with Crippen LogP contribution in [0.2, 0.25) is 0 Å². The predicted molar refractivity (Wildman–Crippen MR) is 53.2 cm³/mol. The highest BCUT2D eigenvalue weighted by molar-refractivity contribution is 8.13. The van der Waals surface area contributed by atoms with Gasteiger partial charge in [-0.25, -0.2) is 4.98 Å². The van der Waals surface area contributed by atoms with E-state index >= 15 is 0 Å². The quantitative estimate of drug-likeness (QED) is 0.627. The normalized spacial score (nSPS) is 9.08. The van der Waals surface area contributed by atoms with Crippen LogP contribution in [0, 0.1) is 11.8 Å². The second-order valence-corrected chi connectivity index (χ2v) is 3.62. The van der Waals surface area contributed by atoms with Crippen LogP contribution in [0.1, 0.15) is 12.6 Å². The van der Waals surface area contributed by atoms with E-state index in [4.69, 9.17) is 0 Å². The summed E-state index contributed by atoms with van der Waals surface area (Å²) >= 11 is 1.22. The van der Waals surface area contributed by atoms with Crippen molar-refractivity contribution in [2.75, 3.05) is 5.75 Å². The molecular formula is C9H10N2OS. The highest BCUT2D eigenvalue weighted by atomic mass is 32.2. The Morgan fingerprint density at radius 1 is 1.77 bits per heavy atom.